The number of aliphatic hydroxyl groups is 1. The van der Waals surface area contributed by atoms with Gasteiger partial charge in [0.2, 0.25) is 17.2 Å². The summed E-state index contributed by atoms with van der Waals surface area (Å²) in [5.74, 6) is 1.02. The van der Waals surface area contributed by atoms with E-state index in [-0.39, 0.29) is 17.9 Å². The van der Waals surface area contributed by atoms with E-state index in [1.54, 1.807) is 0 Å². The SMILES string of the molecule is CCC(CCO)Nc1nc(Cl)nc(N2CCOCC2)n1. The van der Waals surface area contributed by atoms with E-state index < -0.39 is 0 Å². The Hall–Kier alpha value is -1.18. The van der Waals surface area contributed by atoms with E-state index in [0.29, 0.717) is 31.5 Å². The molecule has 1 aromatic rings. The maximum absolute atomic E-state index is 9.02. The van der Waals surface area contributed by atoms with Crippen LogP contribution in [0.3, 0.4) is 0 Å². The first-order valence-corrected chi connectivity index (χ1v) is 7.22. The fourth-order valence-corrected chi connectivity index (χ4v) is 2.18. The van der Waals surface area contributed by atoms with Gasteiger partial charge in [0.15, 0.2) is 0 Å². The third-order valence-corrected chi connectivity index (χ3v) is 3.36. The van der Waals surface area contributed by atoms with Crippen LogP contribution in [0, 0.1) is 0 Å². The summed E-state index contributed by atoms with van der Waals surface area (Å²) in [6.45, 7) is 4.98. The Bertz CT molecular complexity index is 428. The molecule has 0 bridgehead atoms. The van der Waals surface area contributed by atoms with Crippen LogP contribution in [0.4, 0.5) is 11.9 Å². The van der Waals surface area contributed by atoms with Crippen LogP contribution in [0.15, 0.2) is 0 Å². The van der Waals surface area contributed by atoms with Gasteiger partial charge in [-0.2, -0.15) is 15.0 Å². The minimum Gasteiger partial charge on any atom is -0.396 e. The van der Waals surface area contributed by atoms with Crippen LogP contribution in [-0.2, 0) is 4.74 Å². The predicted molar refractivity (Wildman–Crippen MR) is 77.3 cm³/mol. The molecule has 1 unspecified atom stereocenters. The molecule has 1 aromatic heterocycles. The molecule has 1 aliphatic heterocycles. The summed E-state index contributed by atoms with van der Waals surface area (Å²) in [6.07, 6.45) is 1.52. The van der Waals surface area contributed by atoms with Crippen molar-refractivity contribution in [2.45, 2.75) is 25.8 Å². The molecular weight excluding hydrogens is 282 g/mol. The normalized spacial score (nSPS) is 17.1. The molecule has 2 N–H and O–H groups in total. The zero-order valence-electron chi connectivity index (χ0n) is 11.5. The first-order chi connectivity index (χ1) is 9.72. The minimum atomic E-state index is 0.121. The van der Waals surface area contributed by atoms with Crippen LogP contribution < -0.4 is 10.2 Å². The average Bonchev–Trinajstić information content (AvgIpc) is 2.47. The molecule has 1 aliphatic rings. The van der Waals surface area contributed by atoms with Crippen LogP contribution >= 0.6 is 11.6 Å². The highest BCUT2D eigenvalue weighted by Crippen LogP contribution is 2.16. The van der Waals surface area contributed by atoms with Gasteiger partial charge in [0, 0.05) is 25.7 Å². The molecule has 20 heavy (non-hydrogen) atoms. The lowest BCUT2D eigenvalue weighted by molar-refractivity contribution is 0.122. The number of hydrogen-bond acceptors (Lipinski definition) is 7. The Labute approximate surface area is 123 Å². The maximum Gasteiger partial charge on any atom is 0.231 e. The van der Waals surface area contributed by atoms with Crippen LogP contribution in [0.2, 0.25) is 5.28 Å². The van der Waals surface area contributed by atoms with E-state index >= 15 is 0 Å². The van der Waals surface area contributed by atoms with Gasteiger partial charge < -0.3 is 20.1 Å². The van der Waals surface area contributed by atoms with Crippen molar-refractivity contribution in [1.29, 1.82) is 0 Å². The van der Waals surface area contributed by atoms with E-state index in [4.69, 9.17) is 21.4 Å². The highest BCUT2D eigenvalue weighted by molar-refractivity contribution is 6.28. The molecule has 1 fully saturated rings. The Balaban J connectivity index is 2.10. The zero-order chi connectivity index (χ0) is 14.4. The van der Waals surface area contributed by atoms with Gasteiger partial charge in [0.1, 0.15) is 0 Å². The molecule has 0 spiro atoms. The van der Waals surface area contributed by atoms with E-state index in [1.807, 2.05) is 11.8 Å². The molecule has 0 radical (unpaired) electrons. The fourth-order valence-electron chi connectivity index (χ4n) is 2.03. The molecule has 8 heteroatoms. The van der Waals surface area contributed by atoms with Crippen molar-refractivity contribution in [1.82, 2.24) is 15.0 Å². The monoisotopic (exact) mass is 301 g/mol. The van der Waals surface area contributed by atoms with Crippen LogP contribution in [0.25, 0.3) is 0 Å². The van der Waals surface area contributed by atoms with E-state index in [9.17, 15) is 0 Å². The summed E-state index contributed by atoms with van der Waals surface area (Å²) in [6, 6.07) is 0.121. The van der Waals surface area contributed by atoms with Gasteiger partial charge >= 0.3 is 0 Å². The second-order valence-corrected chi connectivity index (χ2v) is 4.93. The van der Waals surface area contributed by atoms with Gasteiger partial charge in [-0.15, -0.1) is 0 Å². The average molecular weight is 302 g/mol. The quantitative estimate of drug-likeness (QED) is 0.809. The van der Waals surface area contributed by atoms with Gasteiger partial charge in [-0.1, -0.05) is 6.92 Å². The number of rotatable bonds is 6. The Morgan fingerprint density at radius 2 is 2.10 bits per heavy atom. The minimum absolute atomic E-state index is 0.121. The Morgan fingerprint density at radius 3 is 2.75 bits per heavy atom. The summed E-state index contributed by atoms with van der Waals surface area (Å²) in [4.78, 5) is 14.7. The lowest BCUT2D eigenvalue weighted by Crippen LogP contribution is -2.37. The number of nitrogens with one attached hydrogen (secondary N) is 1. The molecule has 0 saturated carbocycles. The predicted octanol–water partition coefficient (Wildman–Crippen LogP) is 0.934. The summed E-state index contributed by atoms with van der Waals surface area (Å²) < 4.78 is 5.31. The van der Waals surface area contributed by atoms with Crippen LogP contribution in [0.5, 0.6) is 0 Å². The molecule has 112 valence electrons. The molecule has 1 saturated heterocycles. The number of hydrogen-bond donors (Lipinski definition) is 2. The molecule has 2 heterocycles. The van der Waals surface area contributed by atoms with Crippen molar-refractivity contribution in [2.24, 2.45) is 0 Å². The van der Waals surface area contributed by atoms with Crippen molar-refractivity contribution in [3.8, 4) is 0 Å². The van der Waals surface area contributed by atoms with Crippen molar-refractivity contribution >= 4 is 23.5 Å². The molecule has 2 rings (SSSR count). The van der Waals surface area contributed by atoms with Crippen molar-refractivity contribution in [3.63, 3.8) is 0 Å². The molecule has 7 nitrogen and oxygen atoms in total. The first-order valence-electron chi connectivity index (χ1n) is 6.84. The van der Waals surface area contributed by atoms with E-state index in [0.717, 1.165) is 19.5 Å². The lowest BCUT2D eigenvalue weighted by Gasteiger charge is -2.27. The molecule has 1 atom stereocenters. The number of aliphatic hydroxyl groups excluding tert-OH is 1. The highest BCUT2D eigenvalue weighted by atomic mass is 35.5. The van der Waals surface area contributed by atoms with Gasteiger partial charge in [0.25, 0.3) is 0 Å². The molecule has 0 aromatic carbocycles. The molecular formula is C12H20ClN5O2. The van der Waals surface area contributed by atoms with E-state index in [2.05, 4.69) is 20.3 Å². The van der Waals surface area contributed by atoms with Crippen molar-refractivity contribution in [2.75, 3.05) is 43.1 Å². The third kappa shape index (κ3) is 4.16. The van der Waals surface area contributed by atoms with Gasteiger partial charge in [-0.25, -0.2) is 0 Å². The van der Waals surface area contributed by atoms with Crippen LogP contribution in [-0.4, -0.2) is 59.0 Å². The number of morpholine rings is 1. The van der Waals surface area contributed by atoms with E-state index in [1.165, 1.54) is 0 Å². The van der Waals surface area contributed by atoms with Gasteiger partial charge in [-0.3, -0.25) is 0 Å². The Morgan fingerprint density at radius 1 is 1.35 bits per heavy atom. The fraction of sp³-hybridized carbons (Fsp3) is 0.750. The van der Waals surface area contributed by atoms with Gasteiger partial charge in [-0.05, 0) is 24.4 Å². The highest BCUT2D eigenvalue weighted by Gasteiger charge is 2.17. The number of ether oxygens (including phenoxy) is 1. The molecule has 0 aliphatic carbocycles. The standard InChI is InChI=1S/C12H20ClN5O2/c1-2-9(3-6-19)14-11-15-10(13)16-12(17-11)18-4-7-20-8-5-18/h9,19H,2-8H2,1H3,(H,14,15,16,17). The first kappa shape index (κ1) is 15.2. The van der Waals surface area contributed by atoms with Crippen molar-refractivity contribution in [3.05, 3.63) is 5.28 Å². The smallest absolute Gasteiger partial charge is 0.231 e. The number of nitrogens with zero attached hydrogens (tertiary/aromatic N) is 4. The maximum atomic E-state index is 9.02. The Kier molecular flexibility index (Phi) is 5.75. The number of anilines is 2. The summed E-state index contributed by atoms with van der Waals surface area (Å²) in [5.41, 5.74) is 0. The van der Waals surface area contributed by atoms with Crippen LogP contribution in [0.1, 0.15) is 19.8 Å². The molecule has 0 amide bonds. The zero-order valence-corrected chi connectivity index (χ0v) is 12.3. The number of halogens is 1. The summed E-state index contributed by atoms with van der Waals surface area (Å²) >= 11 is 5.96. The second kappa shape index (κ2) is 7.56. The summed E-state index contributed by atoms with van der Waals surface area (Å²) in [5, 5.41) is 12.4. The van der Waals surface area contributed by atoms with Gasteiger partial charge in [0.05, 0.1) is 13.2 Å². The van der Waals surface area contributed by atoms with Crippen molar-refractivity contribution < 1.29 is 9.84 Å². The second-order valence-electron chi connectivity index (χ2n) is 4.59. The number of aromatic nitrogens is 3. The third-order valence-electron chi connectivity index (χ3n) is 3.19. The lowest BCUT2D eigenvalue weighted by atomic mass is 10.2. The largest absolute Gasteiger partial charge is 0.396 e. The topological polar surface area (TPSA) is 83.4 Å². The summed E-state index contributed by atoms with van der Waals surface area (Å²) in [7, 11) is 0.